The first-order valence-electron chi connectivity index (χ1n) is 6.41. The van der Waals surface area contributed by atoms with E-state index in [1.807, 2.05) is 42.5 Å². The highest BCUT2D eigenvalue weighted by molar-refractivity contribution is 7.98. The average molecular weight is 317 g/mol. The second-order valence-corrected chi connectivity index (χ2v) is 5.95. The molecule has 0 bridgehead atoms. The van der Waals surface area contributed by atoms with Gasteiger partial charge in [-0.1, -0.05) is 47.1 Å². The van der Waals surface area contributed by atoms with Crippen LogP contribution < -0.4 is 5.73 Å². The molecule has 5 heteroatoms. The molecule has 0 saturated carbocycles. The third kappa shape index (κ3) is 3.40. The zero-order valence-electron chi connectivity index (χ0n) is 11.1. The van der Waals surface area contributed by atoms with Crippen molar-refractivity contribution in [3.05, 3.63) is 65.4 Å². The lowest BCUT2D eigenvalue weighted by Gasteiger charge is -2.03. The lowest BCUT2D eigenvalue weighted by molar-refractivity contribution is 0.397. The average Bonchev–Trinajstić information content (AvgIpc) is 2.98. The quantitative estimate of drug-likeness (QED) is 0.551. The summed E-state index contributed by atoms with van der Waals surface area (Å²) in [6, 6.07) is 17.3. The molecule has 0 aliphatic heterocycles. The molecule has 0 amide bonds. The Balaban J connectivity index is 1.72. The number of hydrogen-bond acceptors (Lipinski definition) is 4. The molecule has 3 rings (SSSR count). The van der Waals surface area contributed by atoms with E-state index in [1.54, 1.807) is 23.9 Å². The number of thioether (sulfide) groups is 1. The van der Waals surface area contributed by atoms with Crippen LogP contribution in [0.15, 0.2) is 64.0 Å². The van der Waals surface area contributed by atoms with Crippen LogP contribution in [0.4, 0.5) is 5.69 Å². The molecule has 3 nitrogen and oxygen atoms in total. The van der Waals surface area contributed by atoms with Crippen molar-refractivity contribution in [2.45, 2.75) is 10.6 Å². The van der Waals surface area contributed by atoms with Gasteiger partial charge in [0, 0.05) is 22.2 Å². The van der Waals surface area contributed by atoms with E-state index < -0.39 is 0 Å². The van der Waals surface area contributed by atoms with Gasteiger partial charge in [0.25, 0.3) is 0 Å². The number of rotatable bonds is 4. The first-order chi connectivity index (χ1) is 10.2. The lowest BCUT2D eigenvalue weighted by atomic mass is 10.1. The van der Waals surface area contributed by atoms with Gasteiger partial charge < -0.3 is 10.3 Å². The van der Waals surface area contributed by atoms with Gasteiger partial charge in [0.15, 0.2) is 0 Å². The van der Waals surface area contributed by atoms with Gasteiger partial charge in [0.05, 0.1) is 10.8 Å². The number of halogens is 1. The molecule has 3 aromatic rings. The van der Waals surface area contributed by atoms with E-state index in [2.05, 4.69) is 5.16 Å². The van der Waals surface area contributed by atoms with Crippen LogP contribution in [0.2, 0.25) is 5.02 Å². The van der Waals surface area contributed by atoms with Crippen molar-refractivity contribution >= 4 is 29.1 Å². The molecule has 2 aromatic carbocycles. The molecule has 1 aromatic heterocycles. The van der Waals surface area contributed by atoms with Crippen molar-refractivity contribution in [2.75, 3.05) is 5.73 Å². The molecule has 0 spiro atoms. The Hall–Kier alpha value is -1.91. The zero-order valence-corrected chi connectivity index (χ0v) is 12.7. The number of nitrogens with two attached hydrogens (primary N) is 1. The van der Waals surface area contributed by atoms with Crippen molar-refractivity contribution in [2.24, 2.45) is 0 Å². The van der Waals surface area contributed by atoms with Gasteiger partial charge >= 0.3 is 0 Å². The van der Waals surface area contributed by atoms with Crippen molar-refractivity contribution in [3.8, 4) is 11.3 Å². The second kappa shape index (κ2) is 6.24. The predicted molar refractivity (Wildman–Crippen MR) is 87.4 cm³/mol. The lowest BCUT2D eigenvalue weighted by Crippen LogP contribution is -1.85. The van der Waals surface area contributed by atoms with E-state index in [0.717, 1.165) is 21.9 Å². The van der Waals surface area contributed by atoms with Crippen molar-refractivity contribution < 1.29 is 4.52 Å². The Labute approximate surface area is 132 Å². The molecule has 0 unspecified atom stereocenters. The van der Waals surface area contributed by atoms with Gasteiger partial charge in [0.1, 0.15) is 11.5 Å². The summed E-state index contributed by atoms with van der Waals surface area (Å²) in [6.45, 7) is 0. The maximum absolute atomic E-state index is 6.14. The maximum atomic E-state index is 6.14. The van der Waals surface area contributed by atoms with Gasteiger partial charge in [-0.05, 0) is 18.2 Å². The van der Waals surface area contributed by atoms with E-state index in [4.69, 9.17) is 21.9 Å². The molecule has 0 aliphatic carbocycles. The van der Waals surface area contributed by atoms with E-state index in [9.17, 15) is 0 Å². The SMILES string of the molecule is Nc1ccc(Cl)c(SCc2cc(-c3ccccc3)no2)c1. The molecular weight excluding hydrogens is 304 g/mol. The number of nitrogen functional groups attached to an aromatic ring is 1. The fourth-order valence-electron chi connectivity index (χ4n) is 1.91. The Bertz CT molecular complexity index is 743. The third-order valence-electron chi connectivity index (χ3n) is 2.95. The van der Waals surface area contributed by atoms with Gasteiger partial charge in [-0.2, -0.15) is 0 Å². The van der Waals surface area contributed by atoms with E-state index in [-0.39, 0.29) is 0 Å². The molecule has 0 fully saturated rings. The maximum Gasteiger partial charge on any atom is 0.147 e. The third-order valence-corrected chi connectivity index (χ3v) is 4.47. The monoisotopic (exact) mass is 316 g/mol. The van der Waals surface area contributed by atoms with Crippen molar-refractivity contribution in [1.29, 1.82) is 0 Å². The Morgan fingerprint density at radius 3 is 2.71 bits per heavy atom. The zero-order chi connectivity index (χ0) is 14.7. The molecular formula is C16H13ClN2OS. The topological polar surface area (TPSA) is 52.0 Å². The number of anilines is 1. The van der Waals surface area contributed by atoms with Crippen LogP contribution in [0.3, 0.4) is 0 Å². The van der Waals surface area contributed by atoms with E-state index in [1.165, 1.54) is 0 Å². The fraction of sp³-hybridized carbons (Fsp3) is 0.0625. The largest absolute Gasteiger partial charge is 0.399 e. The van der Waals surface area contributed by atoms with Crippen LogP contribution in [-0.2, 0) is 5.75 Å². The minimum absolute atomic E-state index is 0.656. The summed E-state index contributed by atoms with van der Waals surface area (Å²) in [6.07, 6.45) is 0. The Kier molecular flexibility index (Phi) is 4.18. The smallest absolute Gasteiger partial charge is 0.147 e. The molecule has 0 radical (unpaired) electrons. The Morgan fingerprint density at radius 2 is 1.90 bits per heavy atom. The van der Waals surface area contributed by atoms with Gasteiger partial charge in [0.2, 0.25) is 0 Å². The number of aromatic nitrogens is 1. The summed E-state index contributed by atoms with van der Waals surface area (Å²) in [7, 11) is 0. The summed E-state index contributed by atoms with van der Waals surface area (Å²) in [4.78, 5) is 0.939. The highest BCUT2D eigenvalue weighted by Crippen LogP contribution is 2.32. The van der Waals surface area contributed by atoms with Gasteiger partial charge in [-0.15, -0.1) is 11.8 Å². The first-order valence-corrected chi connectivity index (χ1v) is 7.77. The fourth-order valence-corrected chi connectivity index (χ4v) is 3.05. The van der Waals surface area contributed by atoms with E-state index >= 15 is 0 Å². The number of hydrogen-bond donors (Lipinski definition) is 1. The van der Waals surface area contributed by atoms with E-state index in [0.29, 0.717) is 16.5 Å². The summed E-state index contributed by atoms with van der Waals surface area (Å²) < 4.78 is 5.37. The predicted octanol–water partition coefficient (Wildman–Crippen LogP) is 4.87. The van der Waals surface area contributed by atoms with Crippen LogP contribution in [0, 0.1) is 0 Å². The van der Waals surface area contributed by atoms with Crippen molar-refractivity contribution in [1.82, 2.24) is 5.16 Å². The highest BCUT2D eigenvalue weighted by Gasteiger charge is 2.08. The number of benzene rings is 2. The minimum Gasteiger partial charge on any atom is -0.399 e. The molecule has 1 heterocycles. The summed E-state index contributed by atoms with van der Waals surface area (Å²) in [5.74, 6) is 1.46. The van der Waals surface area contributed by atoms with Crippen LogP contribution in [-0.4, -0.2) is 5.16 Å². The highest BCUT2D eigenvalue weighted by atomic mass is 35.5. The summed E-state index contributed by atoms with van der Waals surface area (Å²) in [5.41, 5.74) is 8.35. The second-order valence-electron chi connectivity index (χ2n) is 4.52. The molecule has 0 aliphatic rings. The van der Waals surface area contributed by atoms with Crippen LogP contribution in [0.1, 0.15) is 5.76 Å². The molecule has 21 heavy (non-hydrogen) atoms. The van der Waals surface area contributed by atoms with Crippen molar-refractivity contribution in [3.63, 3.8) is 0 Å². The normalized spacial score (nSPS) is 10.7. The molecule has 0 atom stereocenters. The summed E-state index contributed by atoms with van der Waals surface area (Å²) >= 11 is 7.72. The molecule has 2 N–H and O–H groups in total. The van der Waals surface area contributed by atoms with Gasteiger partial charge in [-0.25, -0.2) is 0 Å². The molecule has 106 valence electrons. The first kappa shape index (κ1) is 14.0. The molecule has 0 saturated heterocycles. The van der Waals surface area contributed by atoms with Crippen LogP contribution >= 0.6 is 23.4 Å². The number of nitrogens with zero attached hydrogens (tertiary/aromatic N) is 1. The van der Waals surface area contributed by atoms with Gasteiger partial charge in [-0.3, -0.25) is 0 Å². The Morgan fingerprint density at radius 1 is 1.10 bits per heavy atom. The van der Waals surface area contributed by atoms with Crippen LogP contribution in [0.5, 0.6) is 0 Å². The summed E-state index contributed by atoms with van der Waals surface area (Å²) in [5, 5.41) is 4.78. The minimum atomic E-state index is 0.656. The standard InChI is InChI=1S/C16H13ClN2OS/c17-14-7-6-12(18)8-16(14)21-10-13-9-15(19-20-13)11-4-2-1-3-5-11/h1-9H,10,18H2. The van der Waals surface area contributed by atoms with Crippen LogP contribution in [0.25, 0.3) is 11.3 Å².